The van der Waals surface area contributed by atoms with Crippen LogP contribution in [0.25, 0.3) is 0 Å². The van der Waals surface area contributed by atoms with Crippen LogP contribution in [0.5, 0.6) is 0 Å². The van der Waals surface area contributed by atoms with E-state index in [-0.39, 0.29) is 12.0 Å². The molecule has 1 heterocycles. The third-order valence-corrected chi connectivity index (χ3v) is 2.78. The summed E-state index contributed by atoms with van der Waals surface area (Å²) in [7, 11) is 0. The van der Waals surface area contributed by atoms with E-state index in [1.165, 1.54) is 19.1 Å². The second-order valence-corrected chi connectivity index (χ2v) is 4.37. The maximum Gasteiger partial charge on any atom is 0.164 e. The molecule has 1 atom stereocenters. The molecule has 1 N–H and O–H groups in total. The highest BCUT2D eigenvalue weighted by Gasteiger charge is 2.28. The summed E-state index contributed by atoms with van der Waals surface area (Å²) in [5, 5.41) is 10.3. The van der Waals surface area contributed by atoms with Crippen molar-refractivity contribution in [3.63, 3.8) is 0 Å². The molecule has 0 aliphatic carbocycles. The lowest BCUT2D eigenvalue weighted by Gasteiger charge is -2.24. The van der Waals surface area contributed by atoms with Crippen LogP contribution < -0.4 is 0 Å². The van der Waals surface area contributed by atoms with Gasteiger partial charge in [-0.15, -0.1) is 0 Å². The highest BCUT2D eigenvalue weighted by molar-refractivity contribution is 5.26. The summed E-state index contributed by atoms with van der Waals surface area (Å²) in [6.07, 6.45) is 1.71. The lowest BCUT2D eigenvalue weighted by molar-refractivity contribution is 0.0520. The monoisotopic (exact) mass is 249 g/mol. The number of benzene rings is 1. The van der Waals surface area contributed by atoms with E-state index in [2.05, 4.69) is 4.98 Å². The molecule has 1 unspecified atom stereocenters. The molecule has 1 aromatic carbocycles. The fourth-order valence-electron chi connectivity index (χ4n) is 1.87. The van der Waals surface area contributed by atoms with E-state index in [9.17, 15) is 13.9 Å². The van der Waals surface area contributed by atoms with E-state index in [1.807, 2.05) is 0 Å². The smallest absolute Gasteiger partial charge is 0.164 e. The van der Waals surface area contributed by atoms with Crippen molar-refractivity contribution in [2.45, 2.75) is 18.9 Å². The van der Waals surface area contributed by atoms with E-state index in [4.69, 9.17) is 0 Å². The second-order valence-electron chi connectivity index (χ2n) is 4.37. The summed E-state index contributed by atoms with van der Waals surface area (Å²) in [4.78, 5) is 4.07. The number of hydrogen-bond acceptors (Lipinski definition) is 2. The minimum Gasteiger partial charge on any atom is -0.385 e. The van der Waals surface area contributed by atoms with Crippen molar-refractivity contribution in [1.29, 1.82) is 0 Å². The zero-order valence-corrected chi connectivity index (χ0v) is 9.90. The molecule has 0 saturated heterocycles. The van der Waals surface area contributed by atoms with Crippen molar-refractivity contribution >= 4 is 0 Å². The quantitative estimate of drug-likeness (QED) is 0.907. The third-order valence-electron chi connectivity index (χ3n) is 2.78. The van der Waals surface area contributed by atoms with Gasteiger partial charge in [0.2, 0.25) is 0 Å². The Bertz CT molecular complexity index is 541. The van der Waals surface area contributed by atoms with Crippen molar-refractivity contribution in [1.82, 2.24) is 4.98 Å². The molecule has 2 rings (SSSR count). The molecule has 2 nitrogen and oxygen atoms in total. The molecule has 4 heteroatoms. The van der Waals surface area contributed by atoms with Crippen LogP contribution in [0.15, 0.2) is 42.6 Å². The molecule has 0 radical (unpaired) electrons. The maximum absolute atomic E-state index is 13.6. The van der Waals surface area contributed by atoms with Gasteiger partial charge >= 0.3 is 0 Å². The fourth-order valence-corrected chi connectivity index (χ4v) is 1.87. The molecule has 0 bridgehead atoms. The van der Waals surface area contributed by atoms with Crippen LogP contribution >= 0.6 is 0 Å². The van der Waals surface area contributed by atoms with Crippen LogP contribution in [0.1, 0.15) is 18.2 Å². The number of nitrogens with zero attached hydrogens (tertiary/aromatic N) is 1. The summed E-state index contributed by atoms with van der Waals surface area (Å²) in [5.74, 6) is -1.98. The molecule has 0 amide bonds. The molecule has 0 saturated carbocycles. The van der Waals surface area contributed by atoms with Gasteiger partial charge in [-0.25, -0.2) is 8.78 Å². The summed E-state index contributed by atoms with van der Waals surface area (Å²) in [6.45, 7) is 1.44. The van der Waals surface area contributed by atoms with E-state index < -0.39 is 17.2 Å². The van der Waals surface area contributed by atoms with Gasteiger partial charge in [-0.05, 0) is 25.1 Å². The first kappa shape index (κ1) is 12.6. The maximum atomic E-state index is 13.6. The lowest BCUT2D eigenvalue weighted by Crippen LogP contribution is -2.26. The zero-order chi connectivity index (χ0) is 13.2. The first-order valence-electron chi connectivity index (χ1n) is 5.57. The Kier molecular flexibility index (Phi) is 3.39. The van der Waals surface area contributed by atoms with Gasteiger partial charge in [0.1, 0.15) is 0 Å². The molecular formula is C14H13F2NO. The number of aliphatic hydroxyl groups is 1. The van der Waals surface area contributed by atoms with Crippen LogP contribution in [-0.4, -0.2) is 10.1 Å². The van der Waals surface area contributed by atoms with Crippen LogP contribution in [-0.2, 0) is 12.0 Å². The average molecular weight is 249 g/mol. The first-order chi connectivity index (χ1) is 8.50. The fraction of sp³-hybridized carbons (Fsp3) is 0.214. The van der Waals surface area contributed by atoms with E-state index in [0.717, 1.165) is 6.07 Å². The van der Waals surface area contributed by atoms with Crippen molar-refractivity contribution in [2.24, 2.45) is 0 Å². The first-order valence-corrected chi connectivity index (χ1v) is 5.57. The summed E-state index contributed by atoms with van der Waals surface area (Å²) >= 11 is 0. The minimum absolute atomic E-state index is 0.0619. The van der Waals surface area contributed by atoms with Crippen molar-refractivity contribution in [3.05, 3.63) is 65.5 Å². The van der Waals surface area contributed by atoms with E-state index >= 15 is 0 Å². The van der Waals surface area contributed by atoms with Gasteiger partial charge in [0.25, 0.3) is 0 Å². The largest absolute Gasteiger partial charge is 0.385 e. The Hall–Kier alpha value is -1.81. The Morgan fingerprint density at radius 3 is 2.61 bits per heavy atom. The number of halogens is 2. The molecule has 0 aliphatic rings. The number of aromatic nitrogens is 1. The average Bonchev–Trinajstić information content (AvgIpc) is 2.33. The Morgan fingerprint density at radius 2 is 1.94 bits per heavy atom. The molecule has 0 aliphatic heterocycles. The minimum atomic E-state index is -1.50. The molecule has 0 spiro atoms. The van der Waals surface area contributed by atoms with Gasteiger partial charge < -0.3 is 5.11 Å². The van der Waals surface area contributed by atoms with Crippen molar-refractivity contribution in [3.8, 4) is 0 Å². The Labute approximate surface area is 104 Å². The van der Waals surface area contributed by atoms with Gasteiger partial charge in [-0.1, -0.05) is 18.2 Å². The van der Waals surface area contributed by atoms with Crippen LogP contribution in [0.4, 0.5) is 8.78 Å². The molecule has 94 valence electrons. The number of pyridine rings is 1. The van der Waals surface area contributed by atoms with Crippen molar-refractivity contribution in [2.75, 3.05) is 0 Å². The second kappa shape index (κ2) is 4.82. The molecule has 18 heavy (non-hydrogen) atoms. The Morgan fingerprint density at radius 1 is 1.17 bits per heavy atom. The predicted octanol–water partition coefficient (Wildman–Crippen LogP) is 2.81. The molecule has 0 fully saturated rings. The lowest BCUT2D eigenvalue weighted by atomic mass is 9.90. The highest BCUT2D eigenvalue weighted by Crippen LogP contribution is 2.27. The summed E-state index contributed by atoms with van der Waals surface area (Å²) < 4.78 is 26.8. The standard InChI is InChI=1S/C14H13F2NO/c1-14(18,9-10-5-2-3-8-17-10)11-6-4-7-12(15)13(11)16/h2-8,18H,9H2,1H3. The third kappa shape index (κ3) is 2.54. The van der Waals surface area contributed by atoms with Crippen LogP contribution in [0, 0.1) is 11.6 Å². The van der Waals surface area contributed by atoms with Gasteiger partial charge in [0, 0.05) is 23.9 Å². The zero-order valence-electron chi connectivity index (χ0n) is 9.90. The number of hydrogen-bond donors (Lipinski definition) is 1. The highest BCUT2D eigenvalue weighted by atomic mass is 19.2. The van der Waals surface area contributed by atoms with Gasteiger partial charge in [-0.2, -0.15) is 0 Å². The normalized spacial score (nSPS) is 14.2. The summed E-state index contributed by atoms with van der Waals surface area (Å²) in [6, 6.07) is 9.03. The molecule has 2 aromatic rings. The topological polar surface area (TPSA) is 33.1 Å². The van der Waals surface area contributed by atoms with Gasteiger partial charge in [0.15, 0.2) is 11.6 Å². The van der Waals surface area contributed by atoms with E-state index in [0.29, 0.717) is 5.69 Å². The molecule has 1 aromatic heterocycles. The predicted molar refractivity (Wildman–Crippen MR) is 63.9 cm³/mol. The number of rotatable bonds is 3. The van der Waals surface area contributed by atoms with Crippen LogP contribution in [0.3, 0.4) is 0 Å². The Balaban J connectivity index is 2.33. The van der Waals surface area contributed by atoms with Gasteiger partial charge in [0.05, 0.1) is 5.60 Å². The van der Waals surface area contributed by atoms with E-state index in [1.54, 1.807) is 24.4 Å². The van der Waals surface area contributed by atoms with Crippen LogP contribution in [0.2, 0.25) is 0 Å². The van der Waals surface area contributed by atoms with Crippen molar-refractivity contribution < 1.29 is 13.9 Å². The summed E-state index contributed by atoms with van der Waals surface area (Å²) in [5.41, 5.74) is -0.945. The SMILES string of the molecule is CC(O)(Cc1ccccn1)c1cccc(F)c1F. The van der Waals surface area contributed by atoms with Gasteiger partial charge in [-0.3, -0.25) is 4.98 Å². The molecular weight excluding hydrogens is 236 g/mol.